The average Bonchev–Trinajstić information content (AvgIpc) is 2.56. The first-order valence-electron chi connectivity index (χ1n) is 8.04. The molecule has 0 spiro atoms. The summed E-state index contributed by atoms with van der Waals surface area (Å²) in [7, 11) is 0. The third kappa shape index (κ3) is 6.06. The molecule has 0 aromatic heterocycles. The molecule has 0 bridgehead atoms. The molecule has 1 heterocycles. The van der Waals surface area contributed by atoms with E-state index in [2.05, 4.69) is 40.5 Å². The lowest BCUT2D eigenvalue weighted by molar-refractivity contribution is 0.190. The second-order valence-corrected chi connectivity index (χ2v) is 6.01. The van der Waals surface area contributed by atoms with Crippen LogP contribution in [-0.2, 0) is 13.1 Å². The molecule has 1 N–H and O–H groups in total. The summed E-state index contributed by atoms with van der Waals surface area (Å²) >= 11 is 0. The zero-order chi connectivity index (χ0) is 15.2. The van der Waals surface area contributed by atoms with Crippen molar-refractivity contribution in [1.29, 1.82) is 0 Å². The van der Waals surface area contributed by atoms with Crippen molar-refractivity contribution < 1.29 is 4.39 Å². The van der Waals surface area contributed by atoms with Gasteiger partial charge in [-0.1, -0.05) is 48.5 Å². The van der Waals surface area contributed by atoms with Gasteiger partial charge in [0.15, 0.2) is 0 Å². The average molecular weight is 371 g/mol. The molecule has 2 aromatic rings. The van der Waals surface area contributed by atoms with Gasteiger partial charge in [-0.3, -0.25) is 4.90 Å². The molecule has 1 fully saturated rings. The Hall–Kier alpha value is -1.13. The van der Waals surface area contributed by atoms with E-state index in [9.17, 15) is 4.39 Å². The van der Waals surface area contributed by atoms with Crippen molar-refractivity contribution in [3.63, 3.8) is 0 Å². The lowest BCUT2D eigenvalue weighted by Gasteiger charge is -2.32. The smallest absolute Gasteiger partial charge is 0.127 e. The van der Waals surface area contributed by atoms with Gasteiger partial charge in [-0.2, -0.15) is 0 Å². The maximum absolute atomic E-state index is 13.6. The number of rotatable bonds is 5. The summed E-state index contributed by atoms with van der Waals surface area (Å²) in [6.45, 7) is 3.85. The first-order chi connectivity index (χ1) is 10.8. The Kier molecular flexibility index (Phi) is 9.30. The van der Waals surface area contributed by atoms with Crippen LogP contribution in [0.3, 0.4) is 0 Å². The summed E-state index contributed by atoms with van der Waals surface area (Å²) in [5, 5.41) is 3.50. The second kappa shape index (κ2) is 10.7. The summed E-state index contributed by atoms with van der Waals surface area (Å²) in [6, 6.07) is 18.1. The van der Waals surface area contributed by atoms with Crippen LogP contribution in [0, 0.1) is 5.82 Å². The molecule has 0 saturated carbocycles. The van der Waals surface area contributed by atoms with E-state index >= 15 is 0 Å². The Labute approximate surface area is 156 Å². The highest BCUT2D eigenvalue weighted by Crippen LogP contribution is 2.15. The molecule has 132 valence electrons. The minimum absolute atomic E-state index is 0. The molecular formula is C19H25Cl2FN2. The molecule has 1 aliphatic rings. The molecule has 0 radical (unpaired) electrons. The molecule has 2 nitrogen and oxygen atoms in total. The molecule has 3 rings (SSSR count). The minimum atomic E-state index is -0.114. The topological polar surface area (TPSA) is 15.3 Å². The third-order valence-electron chi connectivity index (χ3n) is 4.38. The first kappa shape index (κ1) is 20.9. The van der Waals surface area contributed by atoms with E-state index in [-0.39, 0.29) is 30.6 Å². The molecule has 0 aliphatic carbocycles. The van der Waals surface area contributed by atoms with Gasteiger partial charge in [-0.05, 0) is 37.6 Å². The van der Waals surface area contributed by atoms with Crippen LogP contribution in [0.15, 0.2) is 54.6 Å². The van der Waals surface area contributed by atoms with Gasteiger partial charge in [0.1, 0.15) is 5.82 Å². The summed E-state index contributed by atoms with van der Waals surface area (Å²) in [4.78, 5) is 2.50. The number of nitrogens with one attached hydrogen (secondary N) is 1. The van der Waals surface area contributed by atoms with E-state index in [0.717, 1.165) is 38.0 Å². The van der Waals surface area contributed by atoms with Crippen molar-refractivity contribution in [2.45, 2.75) is 32.0 Å². The number of piperidine rings is 1. The van der Waals surface area contributed by atoms with Gasteiger partial charge in [0.05, 0.1) is 0 Å². The Morgan fingerprint density at radius 3 is 2.21 bits per heavy atom. The maximum Gasteiger partial charge on any atom is 0.127 e. The Balaban J connectivity index is 0.00000144. The van der Waals surface area contributed by atoms with Crippen molar-refractivity contribution >= 4 is 24.8 Å². The van der Waals surface area contributed by atoms with Crippen LogP contribution in [0.25, 0.3) is 0 Å². The number of nitrogens with zero attached hydrogens (tertiary/aromatic N) is 1. The first-order valence-corrected chi connectivity index (χ1v) is 8.04. The molecule has 5 heteroatoms. The van der Waals surface area contributed by atoms with Crippen molar-refractivity contribution in [3.05, 3.63) is 71.5 Å². The largest absolute Gasteiger partial charge is 0.310 e. The van der Waals surface area contributed by atoms with Crippen LogP contribution in [0.4, 0.5) is 4.39 Å². The number of hydrogen-bond donors (Lipinski definition) is 1. The SMILES string of the molecule is Cl.Cl.Fc1ccccc1CNC1CCN(Cc2ccccc2)CC1. The normalized spacial score (nSPS) is 15.4. The van der Waals surface area contributed by atoms with Gasteiger partial charge in [0, 0.05) is 24.7 Å². The van der Waals surface area contributed by atoms with E-state index in [1.807, 2.05) is 12.1 Å². The summed E-state index contributed by atoms with van der Waals surface area (Å²) in [5.74, 6) is -0.114. The van der Waals surface area contributed by atoms with Gasteiger partial charge in [-0.15, -0.1) is 24.8 Å². The van der Waals surface area contributed by atoms with Crippen molar-refractivity contribution in [2.24, 2.45) is 0 Å². The number of halogens is 3. The van der Waals surface area contributed by atoms with Crippen LogP contribution in [0.5, 0.6) is 0 Å². The van der Waals surface area contributed by atoms with Crippen LogP contribution < -0.4 is 5.32 Å². The highest BCUT2D eigenvalue weighted by molar-refractivity contribution is 5.85. The van der Waals surface area contributed by atoms with Gasteiger partial charge >= 0.3 is 0 Å². The highest BCUT2D eigenvalue weighted by Gasteiger charge is 2.18. The lowest BCUT2D eigenvalue weighted by Crippen LogP contribution is -2.41. The third-order valence-corrected chi connectivity index (χ3v) is 4.38. The Morgan fingerprint density at radius 1 is 0.917 bits per heavy atom. The van der Waals surface area contributed by atoms with Crippen molar-refractivity contribution in [1.82, 2.24) is 10.2 Å². The highest BCUT2D eigenvalue weighted by atomic mass is 35.5. The van der Waals surface area contributed by atoms with E-state index < -0.39 is 0 Å². The Bertz CT molecular complexity index is 587. The van der Waals surface area contributed by atoms with Crippen LogP contribution >= 0.6 is 24.8 Å². The second-order valence-electron chi connectivity index (χ2n) is 6.01. The number of hydrogen-bond acceptors (Lipinski definition) is 2. The molecule has 0 atom stereocenters. The van der Waals surface area contributed by atoms with Gasteiger partial charge < -0.3 is 5.32 Å². The monoisotopic (exact) mass is 370 g/mol. The molecule has 1 aliphatic heterocycles. The van der Waals surface area contributed by atoms with E-state index in [1.54, 1.807) is 6.07 Å². The van der Waals surface area contributed by atoms with Gasteiger partial charge in [0.25, 0.3) is 0 Å². The van der Waals surface area contributed by atoms with E-state index in [1.165, 1.54) is 11.6 Å². The molecular weight excluding hydrogens is 346 g/mol. The maximum atomic E-state index is 13.6. The standard InChI is InChI=1S/C19H23FN2.2ClH/c20-19-9-5-4-8-17(19)14-21-18-10-12-22(13-11-18)15-16-6-2-1-3-7-16;;/h1-9,18,21H,10-15H2;2*1H. The van der Waals surface area contributed by atoms with E-state index in [0.29, 0.717) is 12.6 Å². The fraction of sp³-hybridized carbons (Fsp3) is 0.368. The quantitative estimate of drug-likeness (QED) is 0.837. The zero-order valence-corrected chi connectivity index (χ0v) is 15.3. The minimum Gasteiger partial charge on any atom is -0.310 e. The predicted molar refractivity (Wildman–Crippen MR) is 102 cm³/mol. The summed E-state index contributed by atoms with van der Waals surface area (Å²) < 4.78 is 13.6. The summed E-state index contributed by atoms with van der Waals surface area (Å²) in [5.41, 5.74) is 2.13. The zero-order valence-electron chi connectivity index (χ0n) is 13.7. The molecule has 2 aromatic carbocycles. The molecule has 24 heavy (non-hydrogen) atoms. The lowest BCUT2D eigenvalue weighted by atomic mass is 10.0. The van der Waals surface area contributed by atoms with E-state index in [4.69, 9.17) is 0 Å². The van der Waals surface area contributed by atoms with Gasteiger partial charge in [0.2, 0.25) is 0 Å². The van der Waals surface area contributed by atoms with Crippen molar-refractivity contribution in [3.8, 4) is 0 Å². The number of likely N-dealkylation sites (tertiary alicyclic amines) is 1. The van der Waals surface area contributed by atoms with Crippen LogP contribution in [0.2, 0.25) is 0 Å². The molecule has 0 unspecified atom stereocenters. The fourth-order valence-electron chi connectivity index (χ4n) is 3.03. The van der Waals surface area contributed by atoms with Crippen LogP contribution in [-0.4, -0.2) is 24.0 Å². The number of benzene rings is 2. The fourth-order valence-corrected chi connectivity index (χ4v) is 3.03. The van der Waals surface area contributed by atoms with Crippen LogP contribution in [0.1, 0.15) is 24.0 Å². The summed E-state index contributed by atoms with van der Waals surface area (Å²) in [6.07, 6.45) is 2.25. The Morgan fingerprint density at radius 2 is 1.54 bits per heavy atom. The molecule has 0 amide bonds. The predicted octanol–water partition coefficient (Wildman–Crippen LogP) is 4.42. The molecule has 1 saturated heterocycles. The van der Waals surface area contributed by atoms with Crippen molar-refractivity contribution in [2.75, 3.05) is 13.1 Å². The van der Waals surface area contributed by atoms with Gasteiger partial charge in [-0.25, -0.2) is 4.39 Å².